The Balaban J connectivity index is 1.77. The summed E-state index contributed by atoms with van der Waals surface area (Å²) in [6, 6.07) is 8.01. The molecule has 1 saturated heterocycles. The van der Waals surface area contributed by atoms with Gasteiger partial charge in [-0.3, -0.25) is 4.79 Å². The number of allylic oxidation sites excluding steroid dienone is 1. The van der Waals surface area contributed by atoms with E-state index in [0.717, 1.165) is 18.2 Å². The molecule has 2 aromatic carbocycles. The number of hydrogen-bond donors (Lipinski definition) is 7. The lowest BCUT2D eigenvalue weighted by molar-refractivity contribution is -0.277. The number of carbonyl (C=O) groups is 1. The zero-order valence-electron chi connectivity index (χ0n) is 16.1. The molecule has 1 heterocycles. The first-order chi connectivity index (χ1) is 14.7. The van der Waals surface area contributed by atoms with E-state index in [1.807, 2.05) is 0 Å². The van der Waals surface area contributed by atoms with Crippen LogP contribution < -0.4 is 4.74 Å². The number of hydrogen-bond acceptors (Lipinski definition) is 10. The molecule has 5 atom stereocenters. The Morgan fingerprint density at radius 3 is 2.16 bits per heavy atom. The fourth-order valence-electron chi connectivity index (χ4n) is 3.05. The normalized spacial score (nSPS) is 26.1. The van der Waals surface area contributed by atoms with Crippen LogP contribution in [0.15, 0.2) is 42.5 Å². The minimum absolute atomic E-state index is 0.0637. The van der Waals surface area contributed by atoms with Gasteiger partial charge >= 0.3 is 0 Å². The summed E-state index contributed by atoms with van der Waals surface area (Å²) in [5, 5.41) is 68.5. The quantitative estimate of drug-likeness (QED) is 0.239. The molecule has 166 valence electrons. The zero-order valence-corrected chi connectivity index (χ0v) is 16.1. The Kier molecular flexibility index (Phi) is 6.78. The minimum Gasteiger partial charge on any atom is -0.508 e. The summed E-state index contributed by atoms with van der Waals surface area (Å²) in [7, 11) is 0. The van der Waals surface area contributed by atoms with Crippen molar-refractivity contribution in [2.24, 2.45) is 0 Å². The van der Waals surface area contributed by atoms with Crippen LogP contribution in [0.4, 0.5) is 0 Å². The molecule has 1 aliphatic heterocycles. The van der Waals surface area contributed by atoms with Crippen LogP contribution in [-0.4, -0.2) is 78.8 Å². The number of ketones is 1. The van der Waals surface area contributed by atoms with Crippen molar-refractivity contribution in [3.05, 3.63) is 53.6 Å². The second kappa shape index (κ2) is 9.33. The predicted octanol–water partition coefficient (Wildman–Crippen LogP) is -0.122. The van der Waals surface area contributed by atoms with Crippen molar-refractivity contribution in [1.29, 1.82) is 0 Å². The molecule has 0 aliphatic carbocycles. The van der Waals surface area contributed by atoms with Crippen LogP contribution in [-0.2, 0) is 4.74 Å². The van der Waals surface area contributed by atoms with Gasteiger partial charge < -0.3 is 45.2 Å². The van der Waals surface area contributed by atoms with Gasteiger partial charge in [0.2, 0.25) is 6.29 Å². The van der Waals surface area contributed by atoms with Gasteiger partial charge in [0.1, 0.15) is 53.0 Å². The van der Waals surface area contributed by atoms with Gasteiger partial charge in [-0.2, -0.15) is 0 Å². The van der Waals surface area contributed by atoms with Crippen molar-refractivity contribution >= 4 is 11.9 Å². The van der Waals surface area contributed by atoms with Crippen LogP contribution in [0, 0.1) is 0 Å². The second-order valence-electron chi connectivity index (χ2n) is 6.94. The lowest BCUT2D eigenvalue weighted by atomic mass is 9.99. The highest BCUT2D eigenvalue weighted by Crippen LogP contribution is 2.35. The third kappa shape index (κ3) is 4.95. The van der Waals surface area contributed by atoms with Crippen LogP contribution in [0.1, 0.15) is 15.9 Å². The molecule has 3 rings (SSSR count). The fourth-order valence-corrected chi connectivity index (χ4v) is 3.05. The topological polar surface area (TPSA) is 177 Å². The Morgan fingerprint density at radius 1 is 0.968 bits per heavy atom. The van der Waals surface area contributed by atoms with Gasteiger partial charge in [0.15, 0.2) is 5.78 Å². The molecule has 10 nitrogen and oxygen atoms in total. The van der Waals surface area contributed by atoms with Crippen molar-refractivity contribution in [3.63, 3.8) is 0 Å². The monoisotopic (exact) mass is 434 g/mol. The Morgan fingerprint density at radius 2 is 1.58 bits per heavy atom. The number of carbonyl (C=O) groups excluding carboxylic acids is 1. The third-order valence-electron chi connectivity index (χ3n) is 4.74. The maximum Gasteiger partial charge on any atom is 0.229 e. The van der Waals surface area contributed by atoms with Crippen molar-refractivity contribution in [3.8, 4) is 23.0 Å². The number of phenols is 3. The number of ether oxygens (including phenoxy) is 2. The predicted molar refractivity (Wildman–Crippen MR) is 106 cm³/mol. The van der Waals surface area contributed by atoms with Gasteiger partial charge in [0.05, 0.1) is 6.61 Å². The molecule has 31 heavy (non-hydrogen) atoms. The first kappa shape index (κ1) is 22.5. The standard InChI is InChI=1S/C21H22O10/c22-9-16-18(27)19(28)20(29)21(31-16)30-12-7-14(25)17(15(26)8-12)13(24)6-3-10-1-4-11(23)5-2-10/h1-8,16,18-23,25-29H,9H2/t16-,18-,19-,20-,21-/m0/s1. The van der Waals surface area contributed by atoms with Gasteiger partial charge in [0.25, 0.3) is 0 Å². The maximum absolute atomic E-state index is 12.4. The van der Waals surface area contributed by atoms with E-state index in [4.69, 9.17) is 9.47 Å². The van der Waals surface area contributed by atoms with Gasteiger partial charge in [-0.15, -0.1) is 0 Å². The molecule has 0 amide bonds. The Labute approximate surface area is 176 Å². The van der Waals surface area contributed by atoms with Gasteiger partial charge in [-0.1, -0.05) is 18.2 Å². The molecule has 10 heteroatoms. The summed E-state index contributed by atoms with van der Waals surface area (Å²) in [6.07, 6.45) is -5.08. The minimum atomic E-state index is -1.68. The molecule has 0 unspecified atom stereocenters. The maximum atomic E-state index is 12.4. The summed E-state index contributed by atoms with van der Waals surface area (Å²) in [5.74, 6) is -2.06. The molecule has 0 aromatic heterocycles. The molecule has 0 bridgehead atoms. The summed E-state index contributed by atoms with van der Waals surface area (Å²) in [6.45, 7) is -0.651. The molecule has 2 aromatic rings. The van der Waals surface area contributed by atoms with Crippen LogP contribution in [0.5, 0.6) is 23.0 Å². The van der Waals surface area contributed by atoms with Crippen molar-refractivity contribution < 1.29 is 50.0 Å². The third-order valence-corrected chi connectivity index (χ3v) is 4.74. The number of phenolic OH excluding ortho intramolecular Hbond substituents is 3. The number of aliphatic hydroxyl groups is 4. The zero-order chi connectivity index (χ0) is 22.7. The highest BCUT2D eigenvalue weighted by Gasteiger charge is 2.44. The summed E-state index contributed by atoms with van der Waals surface area (Å²) < 4.78 is 10.5. The van der Waals surface area contributed by atoms with E-state index in [9.17, 15) is 40.5 Å². The molecule has 1 fully saturated rings. The Hall–Kier alpha value is -3.15. The first-order valence-corrected chi connectivity index (χ1v) is 9.26. The fraction of sp³-hybridized carbons (Fsp3) is 0.286. The molecule has 7 N–H and O–H groups in total. The van der Waals surface area contributed by atoms with Crippen LogP contribution in [0.25, 0.3) is 6.08 Å². The number of benzene rings is 2. The molecule has 0 saturated carbocycles. The average molecular weight is 434 g/mol. The largest absolute Gasteiger partial charge is 0.508 e. The van der Waals surface area contributed by atoms with Crippen LogP contribution >= 0.6 is 0 Å². The van der Waals surface area contributed by atoms with Gasteiger partial charge in [-0.25, -0.2) is 0 Å². The SMILES string of the molecule is O=C(C=Cc1ccc(O)cc1)c1c(O)cc(O[C@H]2O[C@@H](CO)[C@H](O)[C@H](O)[C@@H]2O)cc1O. The average Bonchev–Trinajstić information content (AvgIpc) is 2.73. The Bertz CT molecular complexity index is 930. The number of rotatable bonds is 6. The van der Waals surface area contributed by atoms with E-state index < -0.39 is 60.2 Å². The number of aliphatic hydroxyl groups excluding tert-OH is 4. The smallest absolute Gasteiger partial charge is 0.229 e. The summed E-state index contributed by atoms with van der Waals surface area (Å²) in [4.78, 5) is 12.4. The summed E-state index contributed by atoms with van der Waals surface area (Å²) in [5.41, 5.74) is 0.212. The molecule has 1 aliphatic rings. The molecule has 0 radical (unpaired) electrons. The van der Waals surface area contributed by atoms with E-state index in [1.165, 1.54) is 18.2 Å². The molecule has 0 spiro atoms. The van der Waals surface area contributed by atoms with Crippen molar-refractivity contribution in [2.45, 2.75) is 30.7 Å². The lowest BCUT2D eigenvalue weighted by Crippen LogP contribution is -2.60. The molecular formula is C21H22O10. The highest BCUT2D eigenvalue weighted by molar-refractivity contribution is 6.10. The highest BCUT2D eigenvalue weighted by atomic mass is 16.7. The van der Waals surface area contributed by atoms with E-state index in [2.05, 4.69) is 0 Å². The lowest BCUT2D eigenvalue weighted by Gasteiger charge is -2.39. The van der Waals surface area contributed by atoms with E-state index in [-0.39, 0.29) is 11.5 Å². The summed E-state index contributed by atoms with van der Waals surface area (Å²) >= 11 is 0. The van der Waals surface area contributed by atoms with E-state index >= 15 is 0 Å². The number of aromatic hydroxyl groups is 3. The van der Waals surface area contributed by atoms with E-state index in [0.29, 0.717) is 5.56 Å². The second-order valence-corrected chi connectivity index (χ2v) is 6.94. The molecular weight excluding hydrogens is 412 g/mol. The van der Waals surface area contributed by atoms with Crippen molar-refractivity contribution in [2.75, 3.05) is 6.61 Å². The first-order valence-electron chi connectivity index (χ1n) is 9.26. The van der Waals surface area contributed by atoms with E-state index in [1.54, 1.807) is 12.1 Å². The van der Waals surface area contributed by atoms with Crippen LogP contribution in [0.3, 0.4) is 0 Å². The van der Waals surface area contributed by atoms with Gasteiger partial charge in [0, 0.05) is 12.1 Å². The van der Waals surface area contributed by atoms with Crippen LogP contribution in [0.2, 0.25) is 0 Å². The van der Waals surface area contributed by atoms with Crippen molar-refractivity contribution in [1.82, 2.24) is 0 Å². The van der Waals surface area contributed by atoms with Gasteiger partial charge in [-0.05, 0) is 23.8 Å².